The minimum atomic E-state index is 1.18. The fourth-order valence-electron chi connectivity index (χ4n) is 14.4. The van der Waals surface area contributed by atoms with Gasteiger partial charge in [0.1, 0.15) is 0 Å². The van der Waals surface area contributed by atoms with Crippen LogP contribution in [0.5, 0.6) is 0 Å². The molecule has 0 saturated heterocycles. The fraction of sp³-hybridized carbons (Fsp3) is 0. The van der Waals surface area contributed by atoms with Crippen molar-refractivity contribution in [3.05, 3.63) is 267 Å². The second-order valence-corrected chi connectivity index (χ2v) is 24.0. The number of nitrogens with zero attached hydrogens (tertiary/aromatic N) is 4. The van der Waals surface area contributed by atoms with Gasteiger partial charge in [0.2, 0.25) is 0 Å². The summed E-state index contributed by atoms with van der Waals surface area (Å²) < 4.78 is 15.2. The number of para-hydroxylation sites is 4. The Morgan fingerprint density at radius 1 is 0.220 bits per heavy atom. The van der Waals surface area contributed by atoms with Gasteiger partial charge in [-0.2, -0.15) is 0 Å². The van der Waals surface area contributed by atoms with Crippen molar-refractivity contribution in [1.82, 2.24) is 17.9 Å². The van der Waals surface area contributed by atoms with E-state index in [1.807, 2.05) is 22.7 Å². The second-order valence-electron chi connectivity index (χ2n) is 21.9. The van der Waals surface area contributed by atoms with Crippen molar-refractivity contribution < 1.29 is 0 Å². The quantitative estimate of drug-likeness (QED) is 0.154. The normalized spacial score (nSPS) is 12.4. The van der Waals surface area contributed by atoms with Gasteiger partial charge in [-0.05, 0) is 65.4 Å². The summed E-state index contributed by atoms with van der Waals surface area (Å²) >= 11 is 3.81. The molecule has 0 fully saturated rings. The van der Waals surface area contributed by atoms with Crippen molar-refractivity contribution in [3.63, 3.8) is 0 Å². The van der Waals surface area contributed by atoms with Gasteiger partial charge in [-0.15, -0.1) is 22.7 Å². The molecule has 12 aromatic carbocycles. The van der Waals surface area contributed by atoms with E-state index in [1.165, 1.54) is 171 Å². The SMILES string of the molecule is c1ccc(-n2c3ccccc3c3c4c(ccc32)c2ccc3c5ccccc5sc3c2n2cc3ccccc3c42)cc1.c1ccc(-n2c3ccccc3c3ccc4c5ccc6c7ccccc7sc6c5n5cc6ccccc6c5c4c32)cc1. The Morgan fingerprint density at radius 2 is 0.622 bits per heavy atom. The first-order chi connectivity index (χ1) is 40.7. The molecule has 0 bridgehead atoms. The summed E-state index contributed by atoms with van der Waals surface area (Å²) in [7, 11) is 0. The van der Waals surface area contributed by atoms with Crippen LogP contribution in [0.25, 0.3) is 171 Å². The number of hydrogen-bond acceptors (Lipinski definition) is 2. The standard InChI is InChI=1S/2C38H22N2S/c1-2-11-24(12-3-1)40-31-16-8-6-15-30(31)34-32(40)21-20-27-28-18-19-29-26-14-7-9-17-33(26)41-38(29)37(28)39-22-23-10-4-5-13-25(23)36(39)35(27)34;1-2-11-24(12-3-1)40-32-16-8-6-14-26(32)29-19-18-28-30-20-21-31-27-15-7-9-17-33(27)41-38(31)37(30)39-22-23-10-4-5-13-25(23)35(39)34(28)36(29)40/h2*1-22H. The Bertz CT molecular complexity index is 6120. The van der Waals surface area contributed by atoms with Crippen molar-refractivity contribution in [2.75, 3.05) is 0 Å². The zero-order chi connectivity index (χ0) is 53.3. The van der Waals surface area contributed by atoms with Gasteiger partial charge in [0, 0.05) is 119 Å². The first kappa shape index (κ1) is 44.6. The Balaban J connectivity index is 0.000000122. The van der Waals surface area contributed by atoms with Gasteiger partial charge in [0.15, 0.2) is 0 Å². The smallest absolute Gasteiger partial charge is 0.0714 e. The molecule has 4 nitrogen and oxygen atoms in total. The Labute approximate surface area is 476 Å². The predicted molar refractivity (Wildman–Crippen MR) is 354 cm³/mol. The molecule has 8 aromatic heterocycles. The summed E-state index contributed by atoms with van der Waals surface area (Å²) in [6.07, 6.45) is 4.70. The van der Waals surface area contributed by atoms with Gasteiger partial charge in [-0.3, -0.25) is 0 Å². The molecule has 82 heavy (non-hydrogen) atoms. The number of rotatable bonds is 2. The summed E-state index contributed by atoms with van der Waals surface area (Å²) in [6.45, 7) is 0. The molecule has 6 heteroatoms. The lowest BCUT2D eigenvalue weighted by Crippen LogP contribution is -1.96. The van der Waals surface area contributed by atoms with Crippen LogP contribution in [-0.2, 0) is 0 Å². The summed E-state index contributed by atoms with van der Waals surface area (Å²) in [4.78, 5) is 0. The number of benzene rings is 12. The topological polar surface area (TPSA) is 18.7 Å². The molecule has 0 saturated carbocycles. The van der Waals surface area contributed by atoms with Crippen LogP contribution in [0.1, 0.15) is 0 Å². The Hall–Kier alpha value is -10.2. The lowest BCUT2D eigenvalue weighted by molar-refractivity contribution is 1.18. The third-order valence-corrected chi connectivity index (χ3v) is 20.1. The van der Waals surface area contributed by atoms with Gasteiger partial charge in [0.05, 0.1) is 53.5 Å². The highest BCUT2D eigenvalue weighted by molar-refractivity contribution is 7.27. The Kier molecular flexibility index (Phi) is 9.06. The molecule has 20 aromatic rings. The van der Waals surface area contributed by atoms with E-state index in [0.29, 0.717) is 0 Å². The van der Waals surface area contributed by atoms with Crippen LogP contribution < -0.4 is 0 Å². The van der Waals surface area contributed by atoms with Crippen LogP contribution in [0.3, 0.4) is 0 Å². The third kappa shape index (κ3) is 5.93. The van der Waals surface area contributed by atoms with Crippen LogP contribution in [0.15, 0.2) is 267 Å². The van der Waals surface area contributed by atoms with Crippen molar-refractivity contribution in [3.8, 4) is 11.4 Å². The Morgan fingerprint density at radius 3 is 1.21 bits per heavy atom. The van der Waals surface area contributed by atoms with Crippen molar-refractivity contribution in [1.29, 1.82) is 0 Å². The molecule has 0 atom stereocenters. The minimum absolute atomic E-state index is 1.18. The van der Waals surface area contributed by atoms with E-state index < -0.39 is 0 Å². The second kappa shape index (κ2) is 16.7. The highest BCUT2D eigenvalue weighted by Gasteiger charge is 2.25. The van der Waals surface area contributed by atoms with E-state index in [4.69, 9.17) is 0 Å². The van der Waals surface area contributed by atoms with Crippen LogP contribution in [0.2, 0.25) is 0 Å². The van der Waals surface area contributed by atoms with E-state index in [2.05, 4.69) is 285 Å². The van der Waals surface area contributed by atoms with E-state index in [1.54, 1.807) is 0 Å². The molecule has 20 rings (SSSR count). The summed E-state index contributed by atoms with van der Waals surface area (Å²) in [5.74, 6) is 0. The molecule has 0 aliphatic rings. The van der Waals surface area contributed by atoms with Gasteiger partial charge in [-0.25, -0.2) is 0 Å². The van der Waals surface area contributed by atoms with Crippen LogP contribution in [-0.4, -0.2) is 17.9 Å². The average molecular weight is 1080 g/mol. The summed E-state index contributed by atoms with van der Waals surface area (Å²) in [6, 6.07) is 93.3. The van der Waals surface area contributed by atoms with Gasteiger partial charge in [-0.1, -0.05) is 200 Å². The molecule has 8 heterocycles. The largest absolute Gasteiger partial charge is 0.313 e. The minimum Gasteiger partial charge on any atom is -0.313 e. The molecule has 0 radical (unpaired) electrons. The number of hydrogen-bond donors (Lipinski definition) is 0. The van der Waals surface area contributed by atoms with E-state index in [-0.39, 0.29) is 0 Å². The van der Waals surface area contributed by atoms with Crippen molar-refractivity contribution in [2.45, 2.75) is 0 Å². The number of pyridine rings is 2. The molecule has 0 unspecified atom stereocenters. The lowest BCUT2D eigenvalue weighted by atomic mass is 9.98. The highest BCUT2D eigenvalue weighted by Crippen LogP contribution is 2.49. The molecule has 0 aliphatic carbocycles. The maximum absolute atomic E-state index is 2.49. The fourth-order valence-corrected chi connectivity index (χ4v) is 16.9. The van der Waals surface area contributed by atoms with E-state index in [0.717, 1.165) is 0 Å². The zero-order valence-corrected chi connectivity index (χ0v) is 45.6. The molecule has 0 spiro atoms. The molecule has 0 aliphatic heterocycles. The van der Waals surface area contributed by atoms with Gasteiger partial charge in [0.25, 0.3) is 0 Å². The monoisotopic (exact) mass is 1080 g/mol. The highest BCUT2D eigenvalue weighted by atomic mass is 32.1. The average Bonchev–Trinajstić information content (AvgIpc) is 1.73. The van der Waals surface area contributed by atoms with E-state index >= 15 is 0 Å². The first-order valence-corrected chi connectivity index (χ1v) is 29.7. The summed E-state index contributed by atoms with van der Waals surface area (Å²) in [5.41, 5.74) is 12.5. The van der Waals surface area contributed by atoms with Crippen molar-refractivity contribution in [2.24, 2.45) is 0 Å². The maximum Gasteiger partial charge on any atom is 0.0714 e. The molecule has 0 N–H and O–H groups in total. The van der Waals surface area contributed by atoms with Crippen molar-refractivity contribution >= 4 is 183 Å². The zero-order valence-electron chi connectivity index (χ0n) is 44.0. The number of fused-ring (bicyclic) bond motifs is 32. The number of aromatic nitrogens is 4. The van der Waals surface area contributed by atoms with E-state index in [9.17, 15) is 0 Å². The van der Waals surface area contributed by atoms with Crippen LogP contribution in [0, 0.1) is 0 Å². The third-order valence-electron chi connectivity index (χ3n) is 17.7. The summed E-state index contributed by atoms with van der Waals surface area (Å²) in [5, 5.41) is 23.4. The van der Waals surface area contributed by atoms with Gasteiger partial charge >= 0.3 is 0 Å². The molecular formula is C76H44N4S2. The lowest BCUT2D eigenvalue weighted by Gasteiger charge is -2.14. The van der Waals surface area contributed by atoms with Crippen LogP contribution >= 0.6 is 22.7 Å². The van der Waals surface area contributed by atoms with Crippen LogP contribution in [0.4, 0.5) is 0 Å². The first-order valence-electron chi connectivity index (χ1n) is 28.1. The molecular weight excluding hydrogens is 1030 g/mol. The predicted octanol–water partition coefficient (Wildman–Crippen LogP) is 21.7. The maximum atomic E-state index is 2.49. The molecule has 0 amide bonds. The molecule has 380 valence electrons. The number of thiophene rings is 2. The van der Waals surface area contributed by atoms with Gasteiger partial charge < -0.3 is 17.9 Å².